The number of rotatable bonds is 13. The van der Waals surface area contributed by atoms with Crippen molar-refractivity contribution in [1.82, 2.24) is 24.1 Å². The first-order chi connectivity index (χ1) is 48.3. The summed E-state index contributed by atoms with van der Waals surface area (Å²) in [6.07, 6.45) is 11.0. The fourth-order valence-corrected chi connectivity index (χ4v) is 12.8. The monoisotopic (exact) mass is 1460 g/mol. The largest absolute Gasteiger partial charge is 1.00 e. The molecule has 0 aliphatic rings. The Morgan fingerprint density at radius 3 is 1.42 bits per heavy atom. The number of carbonyl (C=O) groups excluding carboxylic acids is 2. The second-order valence-electron chi connectivity index (χ2n) is 29.9. The summed E-state index contributed by atoms with van der Waals surface area (Å²) in [6, 6.07) is 80.7. The Bertz CT molecular complexity index is 5310. The molecule has 0 spiro atoms. The molecule has 0 aliphatic carbocycles. The second-order valence-corrected chi connectivity index (χ2v) is 29.9. The average Bonchev–Trinajstić information content (AvgIpc) is 1.58. The molecule has 0 aliphatic heterocycles. The number of para-hydroxylation sites is 4. The summed E-state index contributed by atoms with van der Waals surface area (Å²) >= 11 is 0. The third-order valence-corrected chi connectivity index (χ3v) is 18.5. The van der Waals surface area contributed by atoms with Crippen LogP contribution in [0.25, 0.3) is 95.0 Å². The zero-order valence-corrected chi connectivity index (χ0v) is 63.0. The van der Waals surface area contributed by atoms with Crippen molar-refractivity contribution in [2.45, 2.75) is 111 Å². The number of carbonyl (C=O) groups is 2. The fourth-order valence-electron chi connectivity index (χ4n) is 12.8. The molecule has 0 bridgehead atoms. The molecule has 6 aromatic heterocycles. The van der Waals surface area contributed by atoms with E-state index in [-0.39, 0.29) is 57.2 Å². The van der Waals surface area contributed by atoms with Crippen LogP contribution >= 0.6 is 0 Å². The number of hydrogen-bond donors (Lipinski definition) is 0. The molecule has 0 unspecified atom stereocenters. The van der Waals surface area contributed by atoms with E-state index in [2.05, 4.69) is 212 Å². The van der Waals surface area contributed by atoms with E-state index in [1.54, 1.807) is 38.6 Å². The minimum absolute atomic E-state index is 0. The maximum absolute atomic E-state index is 12.9. The maximum Gasteiger partial charge on any atom is 0.227 e. The zero-order valence-electron chi connectivity index (χ0n) is 60.9. The molecule has 0 saturated carbocycles. The van der Waals surface area contributed by atoms with Crippen molar-refractivity contribution >= 4 is 61.3 Å². The van der Waals surface area contributed by atoms with E-state index in [4.69, 9.17) is 19.4 Å². The van der Waals surface area contributed by atoms with Crippen LogP contribution in [0.1, 0.15) is 132 Å². The van der Waals surface area contributed by atoms with E-state index >= 15 is 0 Å². The molecule has 8 aromatic carbocycles. The van der Waals surface area contributed by atoms with Gasteiger partial charge in [-0.1, -0.05) is 229 Å². The topological polar surface area (TPSA) is 105 Å². The molecular weight excluding hydrogens is 1370 g/mol. The van der Waals surface area contributed by atoms with E-state index in [9.17, 15) is 9.59 Å². The Balaban J connectivity index is 0.000000163. The standard InChI is InChI=1S/C43H41N3O.C24H18N3O.C24H30O2.HI/c1-42(2,3)31-22-29(23-32(27-31)43(4,5)6)30-24-36(45-37(25-30)35-15-9-11-17-40(35)47-7)28-19-20-34-33-14-8-10-16-38(33)46(39(34)26-28)41-18-12-13-21-44-41;28-23(17-26-14-6-1-7-15-26)18-11-12-20-19-8-2-3-9-21(19)27(22(20)16-18)24-10-4-5-13-25-24;1-23(2,3)18-14-17(15-19(16-18)24(4,5)6)12-13-21(25)20-10-8-9-11-22(20)26-7;/h8-27H,1-7H3;1-16H,17H2;8-16H,1-7H3;1H/q;+1;;/p-1/b;;13-12+;. The van der Waals surface area contributed by atoms with Gasteiger partial charge in [0, 0.05) is 62.8 Å². The normalized spacial score (nSPS) is 11.8. The van der Waals surface area contributed by atoms with Crippen LogP contribution in [0, 0.1) is 0 Å². The number of ketones is 2. The number of fused-ring (bicyclic) bond motifs is 6. The van der Waals surface area contributed by atoms with E-state index in [0.29, 0.717) is 23.4 Å². The molecule has 0 saturated heterocycles. The molecule has 14 aromatic rings. The third-order valence-electron chi connectivity index (χ3n) is 18.5. The molecule has 0 N–H and O–H groups in total. The number of halogens is 1. The number of aromatic nitrogens is 6. The van der Waals surface area contributed by atoms with Crippen LogP contribution in [0.2, 0.25) is 0 Å². The first kappa shape index (κ1) is 72.6. The number of methoxy groups -OCH3 is 2. The van der Waals surface area contributed by atoms with Gasteiger partial charge >= 0.3 is 0 Å². The summed E-state index contributed by atoms with van der Waals surface area (Å²) in [4.78, 5) is 40.1. The van der Waals surface area contributed by atoms with Crippen LogP contribution in [0.15, 0.2) is 267 Å². The van der Waals surface area contributed by atoms with Crippen LogP contribution in [-0.4, -0.2) is 49.9 Å². The number of benzene rings is 8. The van der Waals surface area contributed by atoms with Crippen molar-refractivity contribution in [3.05, 3.63) is 306 Å². The predicted molar refractivity (Wildman–Crippen MR) is 416 cm³/mol. The number of pyridine rings is 4. The van der Waals surface area contributed by atoms with Gasteiger partial charge in [-0.25, -0.2) is 15.0 Å². The van der Waals surface area contributed by atoms with E-state index < -0.39 is 0 Å². The number of hydrogen-bond acceptors (Lipinski definition) is 7. The van der Waals surface area contributed by atoms with E-state index in [1.165, 1.54) is 38.6 Å². The van der Waals surface area contributed by atoms with E-state index in [0.717, 1.165) is 83.9 Å². The summed E-state index contributed by atoms with van der Waals surface area (Å²) in [5.41, 5.74) is 18.0. The third kappa shape index (κ3) is 16.1. The molecule has 0 fully saturated rings. The van der Waals surface area contributed by atoms with Crippen LogP contribution in [0.3, 0.4) is 0 Å². The second kappa shape index (κ2) is 30.3. The van der Waals surface area contributed by atoms with Gasteiger partial charge in [-0.2, -0.15) is 4.57 Å². The number of allylic oxidation sites excluding steroid dienone is 1. The van der Waals surface area contributed by atoms with E-state index in [1.807, 2.05) is 138 Å². The molecule has 10 nitrogen and oxygen atoms in total. The highest BCUT2D eigenvalue weighted by molar-refractivity contribution is 6.12. The highest BCUT2D eigenvalue weighted by atomic mass is 127. The molecule has 0 atom stereocenters. The molecule has 11 heteroatoms. The Morgan fingerprint density at radius 1 is 0.422 bits per heavy atom. The van der Waals surface area contributed by atoms with Gasteiger partial charge in [0.05, 0.1) is 53.2 Å². The van der Waals surface area contributed by atoms with Crippen molar-refractivity contribution in [2.24, 2.45) is 0 Å². The van der Waals surface area contributed by atoms with Gasteiger partial charge in [-0.3, -0.25) is 18.7 Å². The fraction of sp³-hybridized carbons (Fsp3) is 0.209. The predicted octanol–water partition coefficient (Wildman–Crippen LogP) is 18.7. The number of Topliss-reactive ketones (excluding diaryl/α,β-unsaturated/α-hetero) is 1. The van der Waals surface area contributed by atoms with Gasteiger partial charge in [0.25, 0.3) is 0 Å². The van der Waals surface area contributed by atoms with Gasteiger partial charge in [0.2, 0.25) is 12.3 Å². The lowest BCUT2D eigenvalue weighted by molar-refractivity contribution is -0.683. The smallest absolute Gasteiger partial charge is 0.227 e. The van der Waals surface area contributed by atoms with Gasteiger partial charge in [-0.05, 0) is 152 Å². The highest BCUT2D eigenvalue weighted by Gasteiger charge is 2.25. The average molecular weight is 1460 g/mol. The minimum Gasteiger partial charge on any atom is -1.00 e. The van der Waals surface area contributed by atoms with Crippen molar-refractivity contribution in [3.8, 4) is 56.8 Å². The van der Waals surface area contributed by atoms with Crippen molar-refractivity contribution in [2.75, 3.05) is 14.2 Å². The molecule has 0 radical (unpaired) electrons. The highest BCUT2D eigenvalue weighted by Crippen LogP contribution is 2.41. The summed E-state index contributed by atoms with van der Waals surface area (Å²) in [5, 5.41) is 4.65. The zero-order chi connectivity index (χ0) is 71.4. The Kier molecular flexibility index (Phi) is 21.6. The van der Waals surface area contributed by atoms with Crippen LogP contribution in [-0.2, 0) is 28.2 Å². The number of nitrogens with zero attached hydrogens (tertiary/aromatic N) is 6. The molecule has 514 valence electrons. The Hall–Kier alpha value is -10.6. The number of ether oxygens (including phenoxy) is 2. The lowest BCUT2D eigenvalue weighted by Gasteiger charge is -2.26. The molecule has 102 heavy (non-hydrogen) atoms. The van der Waals surface area contributed by atoms with Gasteiger partial charge in [0.1, 0.15) is 23.1 Å². The molecule has 14 rings (SSSR count). The minimum atomic E-state index is -0.0547. The van der Waals surface area contributed by atoms with Gasteiger partial charge < -0.3 is 33.5 Å². The quantitative estimate of drug-likeness (QED) is 0.0490. The van der Waals surface area contributed by atoms with Gasteiger partial charge in [0.15, 0.2) is 18.2 Å². The first-order valence-electron chi connectivity index (χ1n) is 34.5. The van der Waals surface area contributed by atoms with Gasteiger partial charge in [-0.15, -0.1) is 0 Å². The summed E-state index contributed by atoms with van der Waals surface area (Å²) in [6.45, 7) is 27.3. The van der Waals surface area contributed by atoms with Crippen molar-refractivity contribution in [1.29, 1.82) is 0 Å². The van der Waals surface area contributed by atoms with Crippen molar-refractivity contribution < 1.29 is 47.6 Å². The molecular formula is C91H89IN6O4. The summed E-state index contributed by atoms with van der Waals surface area (Å²) < 4.78 is 17.4. The van der Waals surface area contributed by atoms with Crippen LogP contribution < -0.4 is 38.0 Å². The SMILES string of the molecule is COc1ccccc1-c1cc(-c2cc(C(C)(C)C)cc(C(C)(C)C)c2)cc(-c2ccc3c4ccccc4n(-c4ccccn4)c3c2)n1.COc1ccccc1C(=O)/C=C/c1cc(C(C)(C)C)cc(C(C)(C)C)c1.O=C(C[n+]1ccccc1)c1ccc2c3ccccc3n(-c3ccccn3)c2c1.[I-]. The maximum atomic E-state index is 12.9. The molecule has 0 amide bonds. The van der Waals surface area contributed by atoms with Crippen LogP contribution in [0.4, 0.5) is 0 Å². The first-order valence-corrected chi connectivity index (χ1v) is 34.5. The summed E-state index contributed by atoms with van der Waals surface area (Å²) in [5.74, 6) is 3.15. The Labute approximate surface area is 617 Å². The summed E-state index contributed by atoms with van der Waals surface area (Å²) in [7, 11) is 3.30. The lowest BCUT2D eigenvalue weighted by Crippen LogP contribution is -3.00. The molecule has 6 heterocycles. The Morgan fingerprint density at radius 2 is 0.882 bits per heavy atom. The lowest BCUT2D eigenvalue weighted by atomic mass is 9.79. The van der Waals surface area contributed by atoms with Crippen LogP contribution in [0.5, 0.6) is 11.5 Å². The van der Waals surface area contributed by atoms with Crippen molar-refractivity contribution in [3.63, 3.8) is 0 Å².